The number of rotatable bonds is 3. The molecule has 1 unspecified atom stereocenters. The highest BCUT2D eigenvalue weighted by Gasteiger charge is 2.32. The van der Waals surface area contributed by atoms with Gasteiger partial charge in [-0.3, -0.25) is 9.48 Å². The van der Waals surface area contributed by atoms with Crippen LogP contribution in [-0.4, -0.2) is 37.3 Å². The largest absolute Gasteiger partial charge is 0.339 e. The first kappa shape index (κ1) is 16.5. The third-order valence-electron chi connectivity index (χ3n) is 4.74. The number of hydrogen-bond acceptors (Lipinski definition) is 5. The van der Waals surface area contributed by atoms with Crippen LogP contribution in [0.2, 0.25) is 0 Å². The van der Waals surface area contributed by atoms with E-state index >= 15 is 0 Å². The predicted molar refractivity (Wildman–Crippen MR) is 94.6 cm³/mol. The molecule has 3 heterocycles. The fourth-order valence-electron chi connectivity index (χ4n) is 3.36. The Labute approximate surface area is 151 Å². The van der Waals surface area contributed by atoms with Crippen LogP contribution in [0.15, 0.2) is 41.2 Å². The summed E-state index contributed by atoms with van der Waals surface area (Å²) >= 11 is 0. The van der Waals surface area contributed by atoms with Crippen LogP contribution in [0.3, 0.4) is 0 Å². The Balaban J connectivity index is 1.67. The lowest BCUT2D eigenvalue weighted by Gasteiger charge is -2.33. The molecule has 0 bridgehead atoms. The molecule has 0 N–H and O–H groups in total. The summed E-state index contributed by atoms with van der Waals surface area (Å²) in [5.41, 5.74) is 3.46. The molecule has 7 heteroatoms. The monoisotopic (exact) mass is 351 g/mol. The molecule has 3 aromatic rings. The van der Waals surface area contributed by atoms with E-state index in [0.29, 0.717) is 19.0 Å². The van der Waals surface area contributed by atoms with Crippen molar-refractivity contribution in [2.45, 2.75) is 32.2 Å². The zero-order valence-corrected chi connectivity index (χ0v) is 15.1. The molecule has 26 heavy (non-hydrogen) atoms. The van der Waals surface area contributed by atoms with Gasteiger partial charge in [-0.05, 0) is 16.7 Å². The zero-order valence-electron chi connectivity index (χ0n) is 15.1. The van der Waals surface area contributed by atoms with Crippen LogP contribution in [0.4, 0.5) is 0 Å². The highest BCUT2D eigenvalue weighted by molar-refractivity contribution is 5.90. The number of nitrogens with zero attached hydrogens (tertiary/aromatic N) is 5. The van der Waals surface area contributed by atoms with Crippen molar-refractivity contribution in [2.75, 3.05) is 6.54 Å². The van der Waals surface area contributed by atoms with Gasteiger partial charge < -0.3 is 9.42 Å². The van der Waals surface area contributed by atoms with Gasteiger partial charge in [0.05, 0.1) is 6.20 Å². The molecule has 0 saturated heterocycles. The molecular formula is C19H21N5O2. The van der Waals surface area contributed by atoms with Crippen LogP contribution < -0.4 is 0 Å². The van der Waals surface area contributed by atoms with Crippen molar-refractivity contribution in [3.63, 3.8) is 0 Å². The van der Waals surface area contributed by atoms with E-state index in [2.05, 4.69) is 27.4 Å². The smallest absolute Gasteiger partial charge is 0.295 e. The van der Waals surface area contributed by atoms with E-state index < -0.39 is 0 Å². The number of hydrogen-bond donors (Lipinski definition) is 0. The SMILES string of the molecule is CC(C)c1nc(C(=O)N2Cc3ccccc3C(c3cnn(C)c3)C2)no1. The summed E-state index contributed by atoms with van der Waals surface area (Å²) in [6, 6.07) is 8.22. The second-order valence-corrected chi connectivity index (χ2v) is 7.00. The van der Waals surface area contributed by atoms with Crippen molar-refractivity contribution >= 4 is 5.91 Å². The van der Waals surface area contributed by atoms with Crippen LogP contribution in [0.1, 0.15) is 58.9 Å². The summed E-state index contributed by atoms with van der Waals surface area (Å²) < 4.78 is 6.98. The number of aromatic nitrogens is 4. The van der Waals surface area contributed by atoms with Gasteiger partial charge in [-0.2, -0.15) is 10.1 Å². The number of carbonyl (C=O) groups excluding carboxylic acids is 1. The zero-order chi connectivity index (χ0) is 18.3. The van der Waals surface area contributed by atoms with Crippen molar-refractivity contribution in [3.05, 3.63) is 65.1 Å². The van der Waals surface area contributed by atoms with E-state index in [9.17, 15) is 4.79 Å². The first-order chi connectivity index (χ1) is 12.5. The topological polar surface area (TPSA) is 77.1 Å². The van der Waals surface area contributed by atoms with Crippen LogP contribution in [0.5, 0.6) is 0 Å². The van der Waals surface area contributed by atoms with E-state index in [1.807, 2.05) is 45.4 Å². The first-order valence-electron chi connectivity index (χ1n) is 8.72. The molecule has 1 aliphatic rings. The predicted octanol–water partition coefficient (Wildman–Crippen LogP) is 2.71. The maximum absolute atomic E-state index is 12.9. The normalized spacial score (nSPS) is 16.8. The Bertz CT molecular complexity index is 943. The van der Waals surface area contributed by atoms with E-state index in [1.165, 1.54) is 5.56 Å². The van der Waals surface area contributed by atoms with Gasteiger partial charge in [0.2, 0.25) is 5.89 Å². The standard InChI is InChI=1S/C19H21N5O2/c1-12(2)18-21-17(22-26-18)19(25)24-10-13-6-4-5-7-15(13)16(11-24)14-8-20-23(3)9-14/h4-9,12,16H,10-11H2,1-3H3. The molecule has 134 valence electrons. The molecule has 4 rings (SSSR count). The Morgan fingerprint density at radius 1 is 1.31 bits per heavy atom. The molecule has 1 amide bonds. The number of aryl methyl sites for hydroxylation is 1. The minimum absolute atomic E-state index is 0.0778. The lowest BCUT2D eigenvalue weighted by Crippen LogP contribution is -2.39. The lowest BCUT2D eigenvalue weighted by molar-refractivity contribution is 0.0709. The molecule has 0 fully saturated rings. The van der Waals surface area contributed by atoms with E-state index in [1.54, 1.807) is 9.58 Å². The fourth-order valence-corrected chi connectivity index (χ4v) is 3.36. The summed E-state index contributed by atoms with van der Waals surface area (Å²) in [4.78, 5) is 19.0. The average molecular weight is 351 g/mol. The molecule has 1 aliphatic heterocycles. The van der Waals surface area contributed by atoms with Crippen molar-refractivity contribution < 1.29 is 9.32 Å². The van der Waals surface area contributed by atoms with Crippen LogP contribution in [0, 0.1) is 0 Å². The van der Waals surface area contributed by atoms with Crippen LogP contribution in [0.25, 0.3) is 0 Å². The Kier molecular flexibility index (Phi) is 4.06. The molecule has 0 radical (unpaired) electrons. The highest BCUT2D eigenvalue weighted by atomic mass is 16.5. The van der Waals surface area contributed by atoms with Gasteiger partial charge in [-0.1, -0.05) is 43.3 Å². The van der Waals surface area contributed by atoms with Gasteiger partial charge in [0.15, 0.2) is 0 Å². The van der Waals surface area contributed by atoms with Crippen molar-refractivity contribution in [1.29, 1.82) is 0 Å². The maximum atomic E-state index is 12.9. The minimum Gasteiger partial charge on any atom is -0.339 e. The molecule has 1 aromatic carbocycles. The molecule has 0 saturated carbocycles. The molecule has 7 nitrogen and oxygen atoms in total. The molecule has 0 spiro atoms. The first-order valence-corrected chi connectivity index (χ1v) is 8.72. The van der Waals surface area contributed by atoms with E-state index in [-0.39, 0.29) is 23.6 Å². The van der Waals surface area contributed by atoms with Gasteiger partial charge in [0.1, 0.15) is 0 Å². The summed E-state index contributed by atoms with van der Waals surface area (Å²) in [5.74, 6) is 0.569. The summed E-state index contributed by atoms with van der Waals surface area (Å²) in [6.45, 7) is 5.01. The molecule has 0 aliphatic carbocycles. The van der Waals surface area contributed by atoms with Crippen molar-refractivity contribution in [3.8, 4) is 0 Å². The van der Waals surface area contributed by atoms with Crippen LogP contribution >= 0.6 is 0 Å². The average Bonchev–Trinajstić information content (AvgIpc) is 3.29. The molecule has 2 aromatic heterocycles. The maximum Gasteiger partial charge on any atom is 0.295 e. The van der Waals surface area contributed by atoms with Crippen molar-refractivity contribution in [1.82, 2.24) is 24.8 Å². The summed E-state index contributed by atoms with van der Waals surface area (Å²) in [6.07, 6.45) is 3.86. The number of fused-ring (bicyclic) bond motifs is 1. The van der Waals surface area contributed by atoms with Gasteiger partial charge in [0, 0.05) is 38.2 Å². The van der Waals surface area contributed by atoms with Gasteiger partial charge in [-0.25, -0.2) is 0 Å². The third kappa shape index (κ3) is 2.89. The minimum atomic E-state index is -0.205. The van der Waals surface area contributed by atoms with E-state index in [0.717, 1.165) is 11.1 Å². The number of carbonyl (C=O) groups is 1. The number of benzene rings is 1. The van der Waals surface area contributed by atoms with E-state index in [4.69, 9.17) is 4.52 Å². The Morgan fingerprint density at radius 2 is 2.12 bits per heavy atom. The lowest BCUT2D eigenvalue weighted by atomic mass is 9.86. The Morgan fingerprint density at radius 3 is 2.81 bits per heavy atom. The van der Waals surface area contributed by atoms with Gasteiger partial charge in [0.25, 0.3) is 11.7 Å². The number of amides is 1. The third-order valence-corrected chi connectivity index (χ3v) is 4.74. The summed E-state index contributed by atoms with van der Waals surface area (Å²) in [5, 5.41) is 8.17. The summed E-state index contributed by atoms with van der Waals surface area (Å²) in [7, 11) is 1.90. The Hall–Kier alpha value is -2.96. The highest BCUT2D eigenvalue weighted by Crippen LogP contribution is 2.33. The second kappa shape index (κ2) is 6.40. The second-order valence-electron chi connectivity index (χ2n) is 7.00. The van der Waals surface area contributed by atoms with Crippen LogP contribution in [-0.2, 0) is 13.6 Å². The van der Waals surface area contributed by atoms with Gasteiger partial charge in [-0.15, -0.1) is 0 Å². The fraction of sp³-hybridized carbons (Fsp3) is 0.368. The molecule has 1 atom stereocenters. The van der Waals surface area contributed by atoms with Crippen molar-refractivity contribution in [2.24, 2.45) is 7.05 Å². The van der Waals surface area contributed by atoms with Gasteiger partial charge >= 0.3 is 0 Å². The quantitative estimate of drug-likeness (QED) is 0.725. The molecular weight excluding hydrogens is 330 g/mol.